The number of hydrogen-bond donors (Lipinski definition) is 0. The largest absolute Gasteiger partial charge is 0.237 e. The second-order valence-electron chi connectivity index (χ2n) is 5.35. The molecule has 0 saturated carbocycles. The van der Waals surface area contributed by atoms with E-state index in [4.69, 9.17) is 0 Å². The van der Waals surface area contributed by atoms with Crippen LogP contribution >= 0.6 is 12.1 Å². The molecular weight excluding hydrogens is 252 g/mol. The fourth-order valence-corrected chi connectivity index (χ4v) is 3.06. The third kappa shape index (κ3) is 11.8. The van der Waals surface area contributed by atoms with E-state index in [1.807, 2.05) is 12.1 Å². The monoisotopic (exact) mass is 288 g/mol. The van der Waals surface area contributed by atoms with E-state index in [-0.39, 0.29) is 0 Å². The lowest BCUT2D eigenvalue weighted by Gasteiger charge is -2.28. The molecule has 0 aliphatic rings. The summed E-state index contributed by atoms with van der Waals surface area (Å²) in [4.78, 5) is 0. The molecular formula is C16H36N2S. The van der Waals surface area contributed by atoms with Gasteiger partial charge in [-0.2, -0.15) is 0 Å². The standard InChI is InChI=1S/C16H36N2S/c1-5-9-13-17(14-10-6-2)19-18(15-11-7-3)16-12-8-4/h5-16H2,1-4H3. The zero-order chi connectivity index (χ0) is 14.3. The molecule has 0 amide bonds. The van der Waals surface area contributed by atoms with Crippen LogP contribution in [-0.2, 0) is 0 Å². The fraction of sp³-hybridized carbons (Fsp3) is 1.00. The van der Waals surface area contributed by atoms with E-state index in [2.05, 4.69) is 36.3 Å². The van der Waals surface area contributed by atoms with Crippen LogP contribution in [0, 0.1) is 0 Å². The molecule has 3 heteroatoms. The molecule has 0 heterocycles. The van der Waals surface area contributed by atoms with Gasteiger partial charge in [0.2, 0.25) is 0 Å². The Morgan fingerprint density at radius 1 is 0.526 bits per heavy atom. The first-order valence-electron chi connectivity index (χ1n) is 8.46. The average Bonchev–Trinajstić information content (AvgIpc) is 2.44. The summed E-state index contributed by atoms with van der Waals surface area (Å²) in [6.45, 7) is 14.1. The van der Waals surface area contributed by atoms with Crippen LogP contribution in [0.15, 0.2) is 0 Å². The first-order chi connectivity index (χ1) is 9.28. The molecule has 116 valence electrons. The van der Waals surface area contributed by atoms with Gasteiger partial charge in [-0.05, 0) is 25.7 Å². The van der Waals surface area contributed by atoms with Gasteiger partial charge < -0.3 is 0 Å². The van der Waals surface area contributed by atoms with E-state index in [0.29, 0.717) is 0 Å². The van der Waals surface area contributed by atoms with Crippen LogP contribution in [0.1, 0.15) is 79.1 Å². The number of hydrogen-bond acceptors (Lipinski definition) is 3. The Morgan fingerprint density at radius 3 is 1.00 bits per heavy atom. The van der Waals surface area contributed by atoms with Gasteiger partial charge in [-0.15, -0.1) is 0 Å². The summed E-state index contributed by atoms with van der Waals surface area (Å²) in [5, 5.41) is 0. The Morgan fingerprint density at radius 2 is 0.789 bits per heavy atom. The zero-order valence-corrected chi connectivity index (χ0v) is 14.6. The highest BCUT2D eigenvalue weighted by Gasteiger charge is 2.11. The van der Waals surface area contributed by atoms with E-state index in [1.54, 1.807) is 0 Å². The minimum atomic E-state index is 1.25. The van der Waals surface area contributed by atoms with Crippen molar-refractivity contribution in [1.29, 1.82) is 0 Å². The molecule has 0 fully saturated rings. The van der Waals surface area contributed by atoms with Crippen molar-refractivity contribution < 1.29 is 0 Å². The fourth-order valence-electron chi connectivity index (χ4n) is 1.89. The predicted octanol–water partition coefficient (Wildman–Crippen LogP) is 5.35. The normalized spacial score (nSPS) is 11.7. The molecule has 0 aromatic carbocycles. The Bertz CT molecular complexity index is 142. The Kier molecular flexibility index (Phi) is 14.9. The van der Waals surface area contributed by atoms with Gasteiger partial charge in [-0.1, -0.05) is 53.4 Å². The molecule has 0 N–H and O–H groups in total. The van der Waals surface area contributed by atoms with Crippen LogP contribution in [0.2, 0.25) is 0 Å². The Labute approximate surface area is 126 Å². The Balaban J connectivity index is 4.16. The van der Waals surface area contributed by atoms with Gasteiger partial charge in [0.25, 0.3) is 0 Å². The van der Waals surface area contributed by atoms with Crippen molar-refractivity contribution in [3.63, 3.8) is 0 Å². The summed E-state index contributed by atoms with van der Waals surface area (Å²) < 4.78 is 5.19. The molecule has 0 radical (unpaired) electrons. The van der Waals surface area contributed by atoms with Gasteiger partial charge in [0.15, 0.2) is 0 Å². The van der Waals surface area contributed by atoms with Crippen LogP contribution in [0.3, 0.4) is 0 Å². The highest BCUT2D eigenvalue weighted by Crippen LogP contribution is 2.19. The molecule has 0 saturated heterocycles. The SMILES string of the molecule is CCCCN(CCCC)SN(CCCC)CCCC. The molecule has 19 heavy (non-hydrogen) atoms. The van der Waals surface area contributed by atoms with E-state index >= 15 is 0 Å². The number of rotatable bonds is 14. The predicted molar refractivity (Wildman–Crippen MR) is 90.4 cm³/mol. The van der Waals surface area contributed by atoms with Crippen LogP contribution in [0.5, 0.6) is 0 Å². The molecule has 0 aliphatic carbocycles. The lowest BCUT2D eigenvalue weighted by atomic mass is 10.3. The summed E-state index contributed by atoms with van der Waals surface area (Å²) in [5.41, 5.74) is 0. The summed E-state index contributed by atoms with van der Waals surface area (Å²) in [6, 6.07) is 0. The molecule has 0 spiro atoms. The second kappa shape index (κ2) is 14.7. The van der Waals surface area contributed by atoms with Crippen LogP contribution in [0.25, 0.3) is 0 Å². The minimum absolute atomic E-state index is 1.25. The van der Waals surface area contributed by atoms with Crippen LogP contribution < -0.4 is 0 Å². The summed E-state index contributed by atoms with van der Waals surface area (Å²) in [5.74, 6) is 0. The summed E-state index contributed by atoms with van der Waals surface area (Å²) in [7, 11) is 0. The maximum absolute atomic E-state index is 2.60. The molecule has 0 rings (SSSR count). The lowest BCUT2D eigenvalue weighted by molar-refractivity contribution is 0.388. The number of unbranched alkanes of at least 4 members (excludes halogenated alkanes) is 4. The molecule has 0 atom stereocenters. The van der Waals surface area contributed by atoms with Gasteiger partial charge in [0.1, 0.15) is 0 Å². The maximum Gasteiger partial charge on any atom is 0.0101 e. The average molecular weight is 289 g/mol. The second-order valence-corrected chi connectivity index (χ2v) is 6.55. The van der Waals surface area contributed by atoms with Crippen LogP contribution in [0.4, 0.5) is 0 Å². The van der Waals surface area contributed by atoms with Crippen LogP contribution in [-0.4, -0.2) is 34.8 Å². The van der Waals surface area contributed by atoms with Crippen molar-refractivity contribution in [2.45, 2.75) is 79.1 Å². The summed E-state index contributed by atoms with van der Waals surface area (Å²) in [6.07, 6.45) is 10.5. The third-order valence-corrected chi connectivity index (χ3v) is 4.47. The Hall–Kier alpha value is 0.270. The van der Waals surface area contributed by atoms with Crippen molar-refractivity contribution in [2.75, 3.05) is 26.2 Å². The maximum atomic E-state index is 2.60. The quantitative estimate of drug-likeness (QED) is 0.398. The smallest absolute Gasteiger partial charge is 0.0101 e. The molecule has 0 aromatic rings. The molecule has 2 nitrogen and oxygen atoms in total. The minimum Gasteiger partial charge on any atom is -0.237 e. The molecule has 0 aromatic heterocycles. The first-order valence-corrected chi connectivity index (χ1v) is 9.19. The zero-order valence-electron chi connectivity index (χ0n) is 13.8. The molecule has 0 aliphatic heterocycles. The van der Waals surface area contributed by atoms with Gasteiger partial charge in [0.05, 0.1) is 0 Å². The van der Waals surface area contributed by atoms with E-state index < -0.39 is 0 Å². The van der Waals surface area contributed by atoms with E-state index in [0.717, 1.165) is 0 Å². The van der Waals surface area contributed by atoms with E-state index in [9.17, 15) is 0 Å². The first kappa shape index (κ1) is 19.3. The van der Waals surface area contributed by atoms with Crippen molar-refractivity contribution in [3.8, 4) is 0 Å². The highest BCUT2D eigenvalue weighted by molar-refractivity contribution is 7.94. The van der Waals surface area contributed by atoms with E-state index in [1.165, 1.54) is 77.5 Å². The molecule has 0 bridgehead atoms. The number of nitrogens with zero attached hydrogens (tertiary/aromatic N) is 2. The van der Waals surface area contributed by atoms with Gasteiger partial charge in [-0.25, -0.2) is 8.61 Å². The highest BCUT2D eigenvalue weighted by atomic mass is 32.2. The van der Waals surface area contributed by atoms with Crippen molar-refractivity contribution >= 4 is 12.1 Å². The molecule has 0 unspecified atom stereocenters. The van der Waals surface area contributed by atoms with Gasteiger partial charge in [-0.3, -0.25) is 0 Å². The van der Waals surface area contributed by atoms with Crippen molar-refractivity contribution in [2.24, 2.45) is 0 Å². The van der Waals surface area contributed by atoms with Crippen molar-refractivity contribution in [1.82, 2.24) is 8.61 Å². The van der Waals surface area contributed by atoms with Crippen molar-refractivity contribution in [3.05, 3.63) is 0 Å². The van der Waals surface area contributed by atoms with Gasteiger partial charge in [0, 0.05) is 38.3 Å². The topological polar surface area (TPSA) is 6.48 Å². The van der Waals surface area contributed by atoms with Gasteiger partial charge >= 0.3 is 0 Å². The third-order valence-electron chi connectivity index (χ3n) is 3.28. The summed E-state index contributed by atoms with van der Waals surface area (Å²) >= 11 is 2.02. The lowest BCUT2D eigenvalue weighted by Crippen LogP contribution is -2.28.